The van der Waals surface area contributed by atoms with Crippen molar-refractivity contribution in [3.63, 3.8) is 0 Å². The van der Waals surface area contributed by atoms with Crippen molar-refractivity contribution in [1.82, 2.24) is 25.1 Å². The molecule has 12 heteroatoms. The van der Waals surface area contributed by atoms with Crippen molar-refractivity contribution in [3.8, 4) is 0 Å². The standard InChI is InChI=1S/C20H19Cl2F3N6O/c1-11(13-2-3-14(21)15(22)10-13)26-18(32)12-6-8-30(9-7-12)17-5-4-16-27-28-19(20(23,24)25)31(16)29-17/h2-5,10-12H,6-9H2,1H3,(H,26,32)/t11-/m0/s1. The van der Waals surface area contributed by atoms with E-state index < -0.39 is 12.0 Å². The molecule has 0 aliphatic carbocycles. The molecule has 2 aromatic heterocycles. The average Bonchev–Trinajstić information content (AvgIpc) is 3.19. The van der Waals surface area contributed by atoms with E-state index in [9.17, 15) is 18.0 Å². The highest BCUT2D eigenvalue weighted by Crippen LogP contribution is 2.29. The first-order valence-corrected chi connectivity index (χ1v) is 10.7. The number of hydrogen-bond acceptors (Lipinski definition) is 5. The molecule has 7 nitrogen and oxygen atoms in total. The topological polar surface area (TPSA) is 75.4 Å². The van der Waals surface area contributed by atoms with Gasteiger partial charge in [-0.15, -0.1) is 15.3 Å². The summed E-state index contributed by atoms with van der Waals surface area (Å²) in [4.78, 5) is 14.6. The molecule has 0 spiro atoms. The fourth-order valence-corrected chi connectivity index (χ4v) is 4.00. The van der Waals surface area contributed by atoms with Crippen molar-refractivity contribution >= 4 is 40.6 Å². The van der Waals surface area contributed by atoms with Crippen molar-refractivity contribution < 1.29 is 18.0 Å². The number of anilines is 1. The molecule has 1 aromatic carbocycles. The molecule has 0 unspecified atom stereocenters. The Kier molecular flexibility index (Phi) is 6.17. The molecule has 1 N–H and O–H groups in total. The molecule has 0 bridgehead atoms. The first kappa shape index (κ1) is 22.6. The lowest BCUT2D eigenvalue weighted by Crippen LogP contribution is -2.41. The molecular weight excluding hydrogens is 468 g/mol. The first-order chi connectivity index (χ1) is 15.1. The van der Waals surface area contributed by atoms with Gasteiger partial charge in [0.1, 0.15) is 5.82 Å². The molecule has 0 saturated carbocycles. The summed E-state index contributed by atoms with van der Waals surface area (Å²) in [6.07, 6.45) is -3.55. The first-order valence-electron chi connectivity index (χ1n) is 9.93. The third-order valence-corrected chi connectivity index (χ3v) is 6.23. The Morgan fingerprint density at radius 3 is 2.50 bits per heavy atom. The van der Waals surface area contributed by atoms with Crippen LogP contribution in [0, 0.1) is 5.92 Å². The molecule has 3 heterocycles. The van der Waals surface area contributed by atoms with Crippen LogP contribution < -0.4 is 10.2 Å². The molecule has 32 heavy (non-hydrogen) atoms. The minimum Gasteiger partial charge on any atom is -0.355 e. The smallest absolute Gasteiger partial charge is 0.355 e. The predicted molar refractivity (Wildman–Crippen MR) is 114 cm³/mol. The van der Waals surface area contributed by atoms with Gasteiger partial charge in [-0.3, -0.25) is 4.79 Å². The van der Waals surface area contributed by atoms with Crippen LogP contribution in [0.4, 0.5) is 19.0 Å². The molecule has 0 radical (unpaired) electrons. The Hall–Kier alpha value is -2.59. The van der Waals surface area contributed by atoms with Crippen LogP contribution in [0.3, 0.4) is 0 Å². The van der Waals surface area contributed by atoms with Gasteiger partial charge in [-0.25, -0.2) is 0 Å². The van der Waals surface area contributed by atoms with Gasteiger partial charge in [0, 0.05) is 19.0 Å². The highest BCUT2D eigenvalue weighted by atomic mass is 35.5. The van der Waals surface area contributed by atoms with Gasteiger partial charge in [-0.2, -0.15) is 17.7 Å². The Labute approximate surface area is 191 Å². The van der Waals surface area contributed by atoms with E-state index in [1.165, 1.54) is 6.07 Å². The molecule has 1 saturated heterocycles. The number of nitrogens with zero attached hydrogens (tertiary/aromatic N) is 5. The molecule has 3 aromatic rings. The summed E-state index contributed by atoms with van der Waals surface area (Å²) in [6.45, 7) is 2.84. The van der Waals surface area contributed by atoms with Crippen LogP contribution in [-0.4, -0.2) is 38.8 Å². The van der Waals surface area contributed by atoms with Crippen molar-refractivity contribution in [2.45, 2.75) is 32.0 Å². The van der Waals surface area contributed by atoms with E-state index in [0.717, 1.165) is 5.56 Å². The normalized spacial score (nSPS) is 16.4. The number of benzene rings is 1. The van der Waals surface area contributed by atoms with Gasteiger partial charge in [-0.1, -0.05) is 29.3 Å². The Morgan fingerprint density at radius 2 is 1.84 bits per heavy atom. The number of hydrogen-bond donors (Lipinski definition) is 1. The van der Waals surface area contributed by atoms with Gasteiger partial charge >= 0.3 is 6.18 Å². The number of alkyl halides is 3. The zero-order valence-corrected chi connectivity index (χ0v) is 18.4. The van der Waals surface area contributed by atoms with Crippen LogP contribution in [0.5, 0.6) is 0 Å². The van der Waals surface area contributed by atoms with E-state index in [0.29, 0.717) is 46.3 Å². The summed E-state index contributed by atoms with van der Waals surface area (Å²) >= 11 is 12.0. The lowest BCUT2D eigenvalue weighted by atomic mass is 9.95. The fourth-order valence-electron chi connectivity index (χ4n) is 3.69. The molecule has 1 aliphatic rings. The summed E-state index contributed by atoms with van der Waals surface area (Å²) in [6, 6.07) is 8.03. The summed E-state index contributed by atoms with van der Waals surface area (Å²) < 4.78 is 40.0. The maximum absolute atomic E-state index is 13.1. The SMILES string of the molecule is C[C@H](NC(=O)C1CCN(c2ccc3nnc(C(F)(F)F)n3n2)CC1)c1ccc(Cl)c(Cl)c1. The number of nitrogens with one attached hydrogen (secondary N) is 1. The van der Waals surface area contributed by atoms with Gasteiger partial charge in [0.25, 0.3) is 5.82 Å². The summed E-state index contributed by atoms with van der Waals surface area (Å²) in [5.41, 5.74) is 0.865. The number of halogens is 5. The summed E-state index contributed by atoms with van der Waals surface area (Å²) in [7, 11) is 0. The van der Waals surface area contributed by atoms with Crippen LogP contribution in [0.2, 0.25) is 10.0 Å². The number of fused-ring (bicyclic) bond motifs is 1. The van der Waals surface area contributed by atoms with Crippen LogP contribution in [0.25, 0.3) is 5.65 Å². The minimum absolute atomic E-state index is 0.0200. The van der Waals surface area contributed by atoms with Gasteiger partial charge < -0.3 is 10.2 Å². The Balaban J connectivity index is 1.39. The van der Waals surface area contributed by atoms with Crippen LogP contribution in [0.1, 0.15) is 37.2 Å². The molecule has 1 amide bonds. The Bertz CT molecular complexity index is 1140. The molecule has 170 valence electrons. The maximum Gasteiger partial charge on any atom is 0.453 e. The zero-order chi connectivity index (χ0) is 23.0. The highest BCUT2D eigenvalue weighted by Gasteiger charge is 2.38. The minimum atomic E-state index is -4.65. The van der Waals surface area contributed by atoms with Gasteiger partial charge in [0.05, 0.1) is 16.1 Å². The molecular formula is C20H19Cl2F3N6O. The van der Waals surface area contributed by atoms with Crippen LogP contribution in [-0.2, 0) is 11.0 Å². The van der Waals surface area contributed by atoms with Gasteiger partial charge in [0.15, 0.2) is 5.65 Å². The third kappa shape index (κ3) is 4.61. The number of carbonyl (C=O) groups is 1. The van der Waals surface area contributed by atoms with E-state index in [4.69, 9.17) is 23.2 Å². The number of rotatable bonds is 4. The zero-order valence-electron chi connectivity index (χ0n) is 16.9. The second-order valence-corrected chi connectivity index (χ2v) is 8.46. The lowest BCUT2D eigenvalue weighted by Gasteiger charge is -2.32. The van der Waals surface area contributed by atoms with E-state index >= 15 is 0 Å². The van der Waals surface area contributed by atoms with Gasteiger partial charge in [0.2, 0.25) is 5.91 Å². The van der Waals surface area contributed by atoms with Crippen LogP contribution >= 0.6 is 23.2 Å². The van der Waals surface area contributed by atoms with Crippen molar-refractivity contribution in [3.05, 3.63) is 51.8 Å². The maximum atomic E-state index is 13.1. The van der Waals surface area contributed by atoms with E-state index in [-0.39, 0.29) is 23.5 Å². The van der Waals surface area contributed by atoms with Gasteiger partial charge in [-0.05, 0) is 49.6 Å². The van der Waals surface area contributed by atoms with Crippen molar-refractivity contribution in [2.24, 2.45) is 5.92 Å². The number of aromatic nitrogens is 4. The largest absolute Gasteiger partial charge is 0.453 e. The number of amides is 1. The Morgan fingerprint density at radius 1 is 1.12 bits per heavy atom. The molecule has 1 fully saturated rings. The second kappa shape index (κ2) is 8.74. The van der Waals surface area contributed by atoms with Crippen LogP contribution in [0.15, 0.2) is 30.3 Å². The summed E-state index contributed by atoms with van der Waals surface area (Å²) in [5.74, 6) is -1.07. The second-order valence-electron chi connectivity index (χ2n) is 7.65. The molecule has 4 rings (SSSR count). The average molecular weight is 487 g/mol. The number of carbonyl (C=O) groups excluding carboxylic acids is 1. The van der Waals surface area contributed by atoms with E-state index in [2.05, 4.69) is 20.6 Å². The van der Waals surface area contributed by atoms with E-state index in [1.807, 2.05) is 17.9 Å². The molecule has 1 aliphatic heterocycles. The lowest BCUT2D eigenvalue weighted by molar-refractivity contribution is -0.146. The molecule has 1 atom stereocenters. The monoisotopic (exact) mass is 486 g/mol. The van der Waals surface area contributed by atoms with Crippen molar-refractivity contribution in [2.75, 3.05) is 18.0 Å². The highest BCUT2D eigenvalue weighted by molar-refractivity contribution is 6.42. The quantitative estimate of drug-likeness (QED) is 0.585. The predicted octanol–water partition coefficient (Wildman–Crippen LogP) is 4.54. The van der Waals surface area contributed by atoms with E-state index in [1.54, 1.807) is 18.2 Å². The van der Waals surface area contributed by atoms with Crippen molar-refractivity contribution in [1.29, 1.82) is 0 Å². The summed E-state index contributed by atoms with van der Waals surface area (Å²) in [5, 5.41) is 14.6. The third-order valence-electron chi connectivity index (χ3n) is 5.49. The number of piperidine rings is 1. The fraction of sp³-hybridized carbons (Fsp3) is 0.400.